The van der Waals surface area contributed by atoms with Gasteiger partial charge in [0.1, 0.15) is 0 Å². The van der Waals surface area contributed by atoms with Gasteiger partial charge in [0, 0.05) is 25.5 Å². The van der Waals surface area contributed by atoms with E-state index in [-0.39, 0.29) is 11.4 Å². The van der Waals surface area contributed by atoms with Crippen LogP contribution in [0.25, 0.3) is 0 Å². The minimum Gasteiger partial charge on any atom is -0.389 e. The Morgan fingerprint density at radius 1 is 1.56 bits per heavy atom. The van der Waals surface area contributed by atoms with Gasteiger partial charge in [-0.15, -0.1) is 0 Å². The number of aryl methyl sites for hydroxylation is 1. The number of aliphatic hydroxyl groups is 1. The second-order valence-corrected chi connectivity index (χ2v) is 4.44. The van der Waals surface area contributed by atoms with E-state index >= 15 is 0 Å². The molecule has 0 fully saturated rings. The van der Waals surface area contributed by atoms with Crippen molar-refractivity contribution >= 4 is 5.82 Å². The number of nitrogens with zero attached hydrogens (tertiary/aromatic N) is 2. The second kappa shape index (κ2) is 5.12. The van der Waals surface area contributed by atoms with E-state index in [4.69, 9.17) is 0 Å². The standard InChI is InChI=1S/C11H19N3O2/c1-4-6-14-7-5-12-9(10(14)15)13-8-11(2,3)16/h5,7,16H,4,6,8H2,1-3H3,(H,12,13). The molecule has 0 bridgehead atoms. The summed E-state index contributed by atoms with van der Waals surface area (Å²) in [6, 6.07) is 0. The average molecular weight is 225 g/mol. The zero-order chi connectivity index (χ0) is 12.2. The topological polar surface area (TPSA) is 67.2 Å². The van der Waals surface area contributed by atoms with Gasteiger partial charge in [-0.25, -0.2) is 4.98 Å². The lowest BCUT2D eigenvalue weighted by molar-refractivity contribution is 0.0944. The molecule has 5 nitrogen and oxygen atoms in total. The molecule has 1 heterocycles. The van der Waals surface area contributed by atoms with Crippen LogP contribution in [-0.2, 0) is 6.54 Å². The van der Waals surface area contributed by atoms with Crippen molar-refractivity contribution in [2.75, 3.05) is 11.9 Å². The normalized spacial score (nSPS) is 11.5. The molecule has 0 radical (unpaired) electrons. The molecule has 0 unspecified atom stereocenters. The van der Waals surface area contributed by atoms with Gasteiger partial charge < -0.3 is 15.0 Å². The van der Waals surface area contributed by atoms with E-state index in [9.17, 15) is 9.90 Å². The van der Waals surface area contributed by atoms with Gasteiger partial charge >= 0.3 is 0 Å². The lowest BCUT2D eigenvalue weighted by Crippen LogP contribution is -2.33. The molecule has 0 atom stereocenters. The summed E-state index contributed by atoms with van der Waals surface area (Å²) in [7, 11) is 0. The van der Waals surface area contributed by atoms with Crippen LogP contribution in [0, 0.1) is 0 Å². The molecule has 1 rings (SSSR count). The van der Waals surface area contributed by atoms with Crippen LogP contribution in [0.2, 0.25) is 0 Å². The summed E-state index contributed by atoms with van der Waals surface area (Å²) in [5.41, 5.74) is -1.01. The molecule has 0 saturated carbocycles. The largest absolute Gasteiger partial charge is 0.389 e. The smallest absolute Gasteiger partial charge is 0.293 e. The Kier molecular flexibility index (Phi) is 4.06. The van der Waals surface area contributed by atoms with Crippen LogP contribution in [0.4, 0.5) is 5.82 Å². The van der Waals surface area contributed by atoms with Crippen LogP contribution in [0.3, 0.4) is 0 Å². The third kappa shape index (κ3) is 3.66. The summed E-state index contributed by atoms with van der Waals surface area (Å²) in [6.45, 7) is 6.34. The van der Waals surface area contributed by atoms with Crippen molar-refractivity contribution in [1.82, 2.24) is 9.55 Å². The summed E-state index contributed by atoms with van der Waals surface area (Å²) >= 11 is 0. The summed E-state index contributed by atoms with van der Waals surface area (Å²) in [5.74, 6) is 0.290. The number of anilines is 1. The Morgan fingerprint density at radius 2 is 2.25 bits per heavy atom. The van der Waals surface area contributed by atoms with E-state index in [0.29, 0.717) is 13.1 Å². The molecule has 0 amide bonds. The molecule has 1 aromatic heterocycles. The minimum atomic E-state index is -0.862. The Balaban J connectivity index is 2.81. The monoisotopic (exact) mass is 225 g/mol. The number of hydrogen-bond donors (Lipinski definition) is 2. The van der Waals surface area contributed by atoms with Crippen molar-refractivity contribution in [2.45, 2.75) is 39.3 Å². The first-order chi connectivity index (χ1) is 7.44. The van der Waals surface area contributed by atoms with E-state index in [0.717, 1.165) is 6.42 Å². The highest BCUT2D eigenvalue weighted by molar-refractivity contribution is 5.31. The van der Waals surface area contributed by atoms with Crippen LogP contribution in [-0.4, -0.2) is 26.8 Å². The summed E-state index contributed by atoms with van der Waals surface area (Å²) in [4.78, 5) is 15.8. The molecule has 0 aliphatic heterocycles. The second-order valence-electron chi connectivity index (χ2n) is 4.44. The maximum atomic E-state index is 11.8. The summed E-state index contributed by atoms with van der Waals surface area (Å²) in [6.07, 6.45) is 4.15. The molecule has 0 aliphatic carbocycles. The quantitative estimate of drug-likeness (QED) is 0.779. The van der Waals surface area contributed by atoms with Crippen molar-refractivity contribution in [3.8, 4) is 0 Å². The van der Waals surface area contributed by atoms with Crippen LogP contribution in [0.15, 0.2) is 17.2 Å². The van der Waals surface area contributed by atoms with E-state index in [1.165, 1.54) is 0 Å². The molecule has 0 aromatic carbocycles. The van der Waals surface area contributed by atoms with Crippen molar-refractivity contribution in [2.24, 2.45) is 0 Å². The Hall–Kier alpha value is -1.36. The first-order valence-corrected chi connectivity index (χ1v) is 5.46. The SMILES string of the molecule is CCCn1ccnc(NCC(C)(C)O)c1=O. The average Bonchev–Trinajstić information content (AvgIpc) is 2.18. The number of rotatable bonds is 5. The van der Waals surface area contributed by atoms with Crippen molar-refractivity contribution in [3.05, 3.63) is 22.7 Å². The number of hydrogen-bond acceptors (Lipinski definition) is 4. The predicted octanol–water partition coefficient (Wildman–Crippen LogP) is 0.836. The first-order valence-electron chi connectivity index (χ1n) is 5.46. The van der Waals surface area contributed by atoms with Crippen LogP contribution < -0.4 is 10.9 Å². The number of nitrogens with one attached hydrogen (secondary N) is 1. The van der Waals surface area contributed by atoms with Crippen molar-refractivity contribution in [1.29, 1.82) is 0 Å². The Bertz CT molecular complexity index is 393. The van der Waals surface area contributed by atoms with Gasteiger partial charge in [-0.1, -0.05) is 6.92 Å². The van der Waals surface area contributed by atoms with Gasteiger partial charge in [0.15, 0.2) is 5.82 Å². The first kappa shape index (κ1) is 12.7. The molecule has 2 N–H and O–H groups in total. The van der Waals surface area contributed by atoms with Gasteiger partial charge in [0.2, 0.25) is 0 Å². The van der Waals surface area contributed by atoms with Crippen molar-refractivity contribution < 1.29 is 5.11 Å². The predicted molar refractivity (Wildman–Crippen MR) is 63.6 cm³/mol. The van der Waals surface area contributed by atoms with Crippen molar-refractivity contribution in [3.63, 3.8) is 0 Å². The lowest BCUT2D eigenvalue weighted by Gasteiger charge is -2.17. The minimum absolute atomic E-state index is 0.145. The van der Waals surface area contributed by atoms with Gasteiger partial charge in [0.05, 0.1) is 5.60 Å². The fourth-order valence-corrected chi connectivity index (χ4v) is 1.29. The lowest BCUT2D eigenvalue weighted by atomic mass is 10.1. The Morgan fingerprint density at radius 3 is 2.81 bits per heavy atom. The van der Waals surface area contributed by atoms with Crippen LogP contribution in [0.1, 0.15) is 27.2 Å². The molecular formula is C11H19N3O2. The highest BCUT2D eigenvalue weighted by Crippen LogP contribution is 2.02. The van der Waals surface area contributed by atoms with E-state index in [1.807, 2.05) is 6.92 Å². The molecule has 0 aliphatic rings. The number of aromatic nitrogens is 2. The highest BCUT2D eigenvalue weighted by Gasteiger charge is 2.13. The maximum absolute atomic E-state index is 11.8. The van der Waals surface area contributed by atoms with Gasteiger partial charge in [0.25, 0.3) is 5.56 Å². The zero-order valence-corrected chi connectivity index (χ0v) is 10.0. The van der Waals surface area contributed by atoms with Crippen LogP contribution in [0.5, 0.6) is 0 Å². The van der Waals surface area contributed by atoms with E-state index in [2.05, 4.69) is 10.3 Å². The molecule has 16 heavy (non-hydrogen) atoms. The molecule has 1 aromatic rings. The van der Waals surface area contributed by atoms with Gasteiger partial charge in [-0.3, -0.25) is 4.79 Å². The summed E-state index contributed by atoms with van der Waals surface area (Å²) < 4.78 is 1.61. The fraction of sp³-hybridized carbons (Fsp3) is 0.636. The summed E-state index contributed by atoms with van der Waals surface area (Å²) in [5, 5.41) is 12.4. The molecule has 0 saturated heterocycles. The maximum Gasteiger partial charge on any atom is 0.293 e. The Labute approximate surface area is 95.1 Å². The third-order valence-electron chi connectivity index (χ3n) is 2.07. The molecule has 0 spiro atoms. The molecule has 90 valence electrons. The highest BCUT2D eigenvalue weighted by atomic mass is 16.3. The molecule has 5 heteroatoms. The van der Waals surface area contributed by atoms with E-state index in [1.54, 1.807) is 30.8 Å². The fourth-order valence-electron chi connectivity index (χ4n) is 1.29. The van der Waals surface area contributed by atoms with E-state index < -0.39 is 5.60 Å². The molecular weight excluding hydrogens is 206 g/mol. The van der Waals surface area contributed by atoms with Gasteiger partial charge in [-0.05, 0) is 20.3 Å². The third-order valence-corrected chi connectivity index (χ3v) is 2.07. The zero-order valence-electron chi connectivity index (χ0n) is 10.0. The van der Waals surface area contributed by atoms with Crippen LogP contribution >= 0.6 is 0 Å². The van der Waals surface area contributed by atoms with Gasteiger partial charge in [-0.2, -0.15) is 0 Å².